The van der Waals surface area contributed by atoms with Gasteiger partial charge in [-0.15, -0.1) is 0 Å². The molecule has 2 heterocycles. The lowest BCUT2D eigenvalue weighted by Crippen LogP contribution is -2.73. The van der Waals surface area contributed by atoms with E-state index >= 15 is 0 Å². The third-order valence-electron chi connectivity index (χ3n) is 6.81. The van der Waals surface area contributed by atoms with Crippen molar-refractivity contribution in [1.29, 1.82) is 0 Å². The Hall–Kier alpha value is -4.28. The van der Waals surface area contributed by atoms with Crippen LogP contribution in [0.5, 0.6) is 5.75 Å². The lowest BCUT2D eigenvalue weighted by Gasteiger charge is -2.58. The maximum atomic E-state index is 13.0. The summed E-state index contributed by atoms with van der Waals surface area (Å²) in [5.74, 6) is 6.64. The Morgan fingerprint density at radius 3 is 2.36 bits per heavy atom. The maximum absolute atomic E-state index is 13.0. The monoisotopic (exact) mass is 481 g/mol. The molecule has 0 aliphatic carbocycles. The van der Waals surface area contributed by atoms with Crippen molar-refractivity contribution in [3.8, 4) is 17.6 Å². The first-order valence-electron chi connectivity index (χ1n) is 11.9. The smallest absolute Gasteiger partial charge is 0.322 e. The Morgan fingerprint density at radius 1 is 1.00 bits per heavy atom. The molecule has 3 atom stereocenters. The predicted octanol–water partition coefficient (Wildman–Crippen LogP) is 3.30. The second-order valence-corrected chi connectivity index (χ2v) is 8.89. The number of piperazine rings is 1. The number of benzene rings is 3. The van der Waals surface area contributed by atoms with Crippen LogP contribution in [0.4, 0.5) is 10.5 Å². The zero-order valence-electron chi connectivity index (χ0n) is 19.9. The number of hydrogen-bond acceptors (Lipinski definition) is 4. The molecule has 0 radical (unpaired) electrons. The van der Waals surface area contributed by atoms with Gasteiger partial charge in [0.1, 0.15) is 12.3 Å². The van der Waals surface area contributed by atoms with Crippen molar-refractivity contribution in [3.63, 3.8) is 0 Å². The van der Waals surface area contributed by atoms with Crippen molar-refractivity contribution in [2.75, 3.05) is 32.1 Å². The van der Waals surface area contributed by atoms with Crippen molar-refractivity contribution in [3.05, 3.63) is 95.6 Å². The van der Waals surface area contributed by atoms with E-state index in [1.54, 1.807) is 24.1 Å². The number of fused-ring (bicyclic) bond motifs is 1. The van der Waals surface area contributed by atoms with Gasteiger partial charge in [-0.25, -0.2) is 4.79 Å². The Labute approximate surface area is 210 Å². The first kappa shape index (κ1) is 23.5. The summed E-state index contributed by atoms with van der Waals surface area (Å²) in [5, 5.41) is 12.9. The molecule has 7 nitrogen and oxygen atoms in total. The van der Waals surface area contributed by atoms with Crippen LogP contribution in [0.15, 0.2) is 78.9 Å². The maximum Gasteiger partial charge on any atom is 0.322 e. The second kappa shape index (κ2) is 10.1. The molecule has 3 aromatic carbocycles. The highest BCUT2D eigenvalue weighted by Crippen LogP contribution is 2.43. The molecule has 0 saturated carbocycles. The van der Waals surface area contributed by atoms with E-state index in [0.29, 0.717) is 18.0 Å². The van der Waals surface area contributed by atoms with Gasteiger partial charge in [-0.3, -0.25) is 4.79 Å². The standard InChI is InChI=1S/C29H27N3O4/c1-36-26-10-6-5-9-23(26)30-29(35)31-17-24-28(25(19-33)32(24)27(34)18-31)22-15-13-21(14-16-22)12-11-20-7-3-2-4-8-20/h2-10,13-16,24-25,28,33H,17-19H2,1H3,(H,30,35)/t24-,25+,28+/m1/s1. The molecule has 3 aromatic rings. The predicted molar refractivity (Wildman–Crippen MR) is 137 cm³/mol. The fourth-order valence-corrected chi connectivity index (χ4v) is 5.05. The number of methoxy groups -OCH3 is 1. The number of para-hydroxylation sites is 2. The van der Waals surface area contributed by atoms with Crippen LogP contribution >= 0.6 is 0 Å². The molecule has 2 aliphatic heterocycles. The van der Waals surface area contributed by atoms with Crippen LogP contribution < -0.4 is 10.1 Å². The molecule has 182 valence electrons. The van der Waals surface area contributed by atoms with Gasteiger partial charge in [0, 0.05) is 23.6 Å². The molecule has 0 bridgehead atoms. The van der Waals surface area contributed by atoms with E-state index in [2.05, 4.69) is 17.2 Å². The zero-order chi connectivity index (χ0) is 25.1. The summed E-state index contributed by atoms with van der Waals surface area (Å²) in [6.07, 6.45) is 0. The first-order chi connectivity index (χ1) is 17.6. The molecule has 0 unspecified atom stereocenters. The van der Waals surface area contributed by atoms with Crippen LogP contribution in [0.25, 0.3) is 0 Å². The molecule has 36 heavy (non-hydrogen) atoms. The zero-order valence-corrected chi connectivity index (χ0v) is 19.9. The van der Waals surface area contributed by atoms with Gasteiger partial charge in [0.25, 0.3) is 0 Å². The van der Waals surface area contributed by atoms with E-state index in [0.717, 1.165) is 16.7 Å². The minimum atomic E-state index is -0.356. The third kappa shape index (κ3) is 4.51. The Morgan fingerprint density at radius 2 is 1.67 bits per heavy atom. The highest BCUT2D eigenvalue weighted by molar-refractivity contribution is 5.94. The van der Waals surface area contributed by atoms with Crippen molar-refractivity contribution in [1.82, 2.24) is 9.80 Å². The number of ether oxygens (including phenoxy) is 1. The summed E-state index contributed by atoms with van der Waals surface area (Å²) in [6, 6.07) is 24.0. The number of aliphatic hydroxyl groups excluding tert-OH is 1. The summed E-state index contributed by atoms with van der Waals surface area (Å²) < 4.78 is 5.31. The molecule has 3 amide bonds. The quantitative estimate of drug-likeness (QED) is 0.561. The van der Waals surface area contributed by atoms with E-state index in [1.165, 1.54) is 4.90 Å². The SMILES string of the molecule is COc1ccccc1NC(=O)N1CC(=O)N2[C@H](C1)[C@H](c1ccc(C#Cc3ccccc3)cc1)[C@@H]2CO. The number of urea groups is 1. The van der Waals surface area contributed by atoms with Crippen molar-refractivity contribution in [2.24, 2.45) is 0 Å². The van der Waals surface area contributed by atoms with Gasteiger partial charge in [-0.2, -0.15) is 0 Å². The molecular formula is C29H27N3O4. The fourth-order valence-electron chi connectivity index (χ4n) is 5.05. The van der Waals surface area contributed by atoms with Gasteiger partial charge >= 0.3 is 6.03 Å². The lowest BCUT2D eigenvalue weighted by atomic mass is 9.73. The fraction of sp³-hybridized carbons (Fsp3) is 0.241. The highest BCUT2D eigenvalue weighted by Gasteiger charge is 2.54. The topological polar surface area (TPSA) is 82.1 Å². The lowest BCUT2D eigenvalue weighted by molar-refractivity contribution is -0.159. The summed E-state index contributed by atoms with van der Waals surface area (Å²) in [5.41, 5.74) is 3.39. The molecule has 5 rings (SSSR count). The van der Waals surface area contributed by atoms with E-state index in [9.17, 15) is 14.7 Å². The molecule has 0 aromatic heterocycles. The van der Waals surface area contributed by atoms with Gasteiger partial charge in [0.05, 0.1) is 31.5 Å². The van der Waals surface area contributed by atoms with Gasteiger partial charge in [0.15, 0.2) is 0 Å². The van der Waals surface area contributed by atoms with E-state index in [4.69, 9.17) is 4.74 Å². The number of amides is 3. The van der Waals surface area contributed by atoms with E-state index in [-0.39, 0.29) is 43.1 Å². The van der Waals surface area contributed by atoms with Crippen LogP contribution in [-0.2, 0) is 4.79 Å². The normalized spacial score (nSPS) is 20.5. The Balaban J connectivity index is 1.31. The molecule has 2 fully saturated rings. The molecule has 0 spiro atoms. The number of rotatable bonds is 4. The van der Waals surface area contributed by atoms with E-state index in [1.807, 2.05) is 66.7 Å². The van der Waals surface area contributed by atoms with Gasteiger partial charge in [-0.1, -0.05) is 54.3 Å². The summed E-state index contributed by atoms with van der Waals surface area (Å²) >= 11 is 0. The van der Waals surface area contributed by atoms with Crippen molar-refractivity contribution in [2.45, 2.75) is 18.0 Å². The third-order valence-corrected chi connectivity index (χ3v) is 6.81. The number of carbonyl (C=O) groups is 2. The molecule has 7 heteroatoms. The highest BCUT2D eigenvalue weighted by atomic mass is 16.5. The average molecular weight is 482 g/mol. The molecule has 2 saturated heterocycles. The average Bonchev–Trinajstić information content (AvgIpc) is 2.90. The van der Waals surface area contributed by atoms with E-state index < -0.39 is 0 Å². The van der Waals surface area contributed by atoms with Gasteiger partial charge < -0.3 is 25.0 Å². The van der Waals surface area contributed by atoms with Crippen LogP contribution in [-0.4, -0.2) is 65.7 Å². The first-order valence-corrected chi connectivity index (χ1v) is 11.9. The Kier molecular flexibility index (Phi) is 6.61. The molecular weight excluding hydrogens is 454 g/mol. The second-order valence-electron chi connectivity index (χ2n) is 8.89. The minimum Gasteiger partial charge on any atom is -0.495 e. The number of carbonyl (C=O) groups excluding carboxylic acids is 2. The van der Waals surface area contributed by atoms with Crippen LogP contribution in [0.2, 0.25) is 0 Å². The number of hydrogen-bond donors (Lipinski definition) is 2. The van der Waals surface area contributed by atoms with Gasteiger partial charge in [-0.05, 0) is 42.0 Å². The molecule has 2 aliphatic rings. The number of anilines is 1. The summed E-state index contributed by atoms with van der Waals surface area (Å²) in [4.78, 5) is 29.2. The largest absolute Gasteiger partial charge is 0.495 e. The van der Waals surface area contributed by atoms with Gasteiger partial charge in [0.2, 0.25) is 5.91 Å². The number of nitrogens with zero attached hydrogens (tertiary/aromatic N) is 2. The van der Waals surface area contributed by atoms with Crippen molar-refractivity contribution < 1.29 is 19.4 Å². The summed E-state index contributed by atoms with van der Waals surface area (Å²) in [6.45, 7) is 0.216. The van der Waals surface area contributed by atoms with Crippen LogP contribution in [0.1, 0.15) is 22.6 Å². The van der Waals surface area contributed by atoms with Crippen LogP contribution in [0.3, 0.4) is 0 Å². The van der Waals surface area contributed by atoms with Crippen LogP contribution in [0, 0.1) is 11.8 Å². The van der Waals surface area contributed by atoms with Crippen molar-refractivity contribution >= 4 is 17.6 Å². The number of nitrogens with one attached hydrogen (secondary N) is 1. The molecule has 2 N–H and O–H groups in total. The minimum absolute atomic E-state index is 0.0330. The summed E-state index contributed by atoms with van der Waals surface area (Å²) in [7, 11) is 1.54. The number of aliphatic hydroxyl groups is 1. The Bertz CT molecular complexity index is 1310.